The van der Waals surface area contributed by atoms with Crippen molar-refractivity contribution in [2.24, 2.45) is 7.05 Å². The number of likely N-dealkylation sites (N-methyl/N-ethyl adjacent to an activating group) is 1. The molecule has 0 unspecified atom stereocenters. The highest BCUT2D eigenvalue weighted by molar-refractivity contribution is 7.13. The van der Waals surface area contributed by atoms with Crippen LogP contribution >= 0.6 is 11.3 Å². The number of nitrogens with zero attached hydrogens (tertiary/aromatic N) is 6. The molecule has 9 heteroatoms. The predicted octanol–water partition coefficient (Wildman–Crippen LogP) is 1.62. The van der Waals surface area contributed by atoms with Crippen LogP contribution in [-0.2, 0) is 13.6 Å². The molecule has 0 spiro atoms. The Bertz CT molecular complexity index is 959. The maximum atomic E-state index is 12.5. The van der Waals surface area contributed by atoms with Gasteiger partial charge in [-0.3, -0.25) is 9.48 Å². The molecule has 4 rings (SSSR count). The minimum atomic E-state index is -0.177. The number of hydrogen-bond acceptors (Lipinski definition) is 7. The number of piperazine rings is 1. The van der Waals surface area contributed by atoms with Crippen molar-refractivity contribution in [1.29, 1.82) is 0 Å². The van der Waals surface area contributed by atoms with Gasteiger partial charge in [-0.15, -0.1) is 11.3 Å². The molecule has 1 amide bonds. The average molecular weight is 398 g/mol. The number of anilines is 1. The van der Waals surface area contributed by atoms with Gasteiger partial charge in [0.05, 0.1) is 6.20 Å². The van der Waals surface area contributed by atoms with E-state index >= 15 is 0 Å². The molecular weight excluding hydrogens is 374 g/mol. The Labute approximate surface area is 167 Å². The van der Waals surface area contributed by atoms with Crippen LogP contribution in [0.5, 0.6) is 0 Å². The number of aryl methyl sites for hydroxylation is 1. The first-order chi connectivity index (χ1) is 13.6. The lowest BCUT2D eigenvalue weighted by molar-refractivity contribution is 0.0946. The maximum absolute atomic E-state index is 12.5. The number of aromatic nitrogens is 4. The zero-order chi connectivity index (χ0) is 19.5. The van der Waals surface area contributed by atoms with Crippen LogP contribution in [0.3, 0.4) is 0 Å². The van der Waals surface area contributed by atoms with Crippen LogP contribution in [0.1, 0.15) is 16.1 Å². The number of amides is 1. The van der Waals surface area contributed by atoms with Crippen LogP contribution in [0.2, 0.25) is 0 Å². The molecule has 1 aliphatic heterocycles. The Morgan fingerprint density at radius 3 is 2.82 bits per heavy atom. The number of rotatable bonds is 5. The summed E-state index contributed by atoms with van der Waals surface area (Å²) in [5.74, 6) is 0.789. The van der Waals surface area contributed by atoms with Crippen LogP contribution in [0, 0.1) is 0 Å². The third-order valence-electron chi connectivity index (χ3n) is 4.78. The normalized spacial score (nSPS) is 15.0. The molecule has 1 aliphatic rings. The molecule has 1 saturated heterocycles. The van der Waals surface area contributed by atoms with Crippen molar-refractivity contribution >= 4 is 23.1 Å². The molecule has 0 aliphatic carbocycles. The van der Waals surface area contributed by atoms with Gasteiger partial charge in [-0.1, -0.05) is 0 Å². The van der Waals surface area contributed by atoms with Gasteiger partial charge in [0.15, 0.2) is 0 Å². The average Bonchev–Trinajstić information content (AvgIpc) is 3.36. The van der Waals surface area contributed by atoms with Gasteiger partial charge in [0, 0.05) is 63.1 Å². The fraction of sp³-hybridized carbons (Fsp3) is 0.368. The molecule has 0 aromatic carbocycles. The minimum absolute atomic E-state index is 0.177. The van der Waals surface area contributed by atoms with E-state index in [1.165, 1.54) is 11.3 Å². The summed E-state index contributed by atoms with van der Waals surface area (Å²) in [5, 5.41) is 9.67. The summed E-state index contributed by atoms with van der Waals surface area (Å²) in [6.07, 6.45) is 5.44. The van der Waals surface area contributed by atoms with E-state index in [0.717, 1.165) is 48.1 Å². The first-order valence-electron chi connectivity index (χ1n) is 9.19. The summed E-state index contributed by atoms with van der Waals surface area (Å²) in [5.41, 5.74) is 2.37. The lowest BCUT2D eigenvalue weighted by Gasteiger charge is -2.33. The van der Waals surface area contributed by atoms with E-state index in [1.54, 1.807) is 22.5 Å². The monoisotopic (exact) mass is 397 g/mol. The Morgan fingerprint density at radius 1 is 1.25 bits per heavy atom. The minimum Gasteiger partial charge on any atom is -0.354 e. The lowest BCUT2D eigenvalue weighted by atomic mass is 10.2. The highest BCUT2D eigenvalue weighted by atomic mass is 32.1. The van der Waals surface area contributed by atoms with Gasteiger partial charge in [-0.2, -0.15) is 5.10 Å². The van der Waals surface area contributed by atoms with Crippen molar-refractivity contribution < 1.29 is 4.79 Å². The zero-order valence-electron chi connectivity index (χ0n) is 16.0. The predicted molar refractivity (Wildman–Crippen MR) is 109 cm³/mol. The third kappa shape index (κ3) is 4.20. The van der Waals surface area contributed by atoms with Gasteiger partial charge in [0.1, 0.15) is 16.5 Å². The molecule has 3 aromatic rings. The van der Waals surface area contributed by atoms with E-state index in [9.17, 15) is 4.79 Å². The van der Waals surface area contributed by atoms with Crippen molar-refractivity contribution in [3.05, 3.63) is 47.4 Å². The molecule has 1 N–H and O–H groups in total. The molecule has 28 heavy (non-hydrogen) atoms. The largest absolute Gasteiger partial charge is 0.354 e. The molecule has 0 atom stereocenters. The maximum Gasteiger partial charge on any atom is 0.271 e. The summed E-state index contributed by atoms with van der Waals surface area (Å²) in [4.78, 5) is 26.0. The smallest absolute Gasteiger partial charge is 0.271 e. The second-order valence-electron chi connectivity index (χ2n) is 6.94. The van der Waals surface area contributed by atoms with Crippen molar-refractivity contribution in [3.63, 3.8) is 0 Å². The summed E-state index contributed by atoms with van der Waals surface area (Å²) < 4.78 is 1.72. The molecule has 0 radical (unpaired) electrons. The van der Waals surface area contributed by atoms with E-state index in [4.69, 9.17) is 0 Å². The zero-order valence-corrected chi connectivity index (χ0v) is 16.8. The Hall–Kier alpha value is -2.78. The Morgan fingerprint density at radius 2 is 2.07 bits per heavy atom. The van der Waals surface area contributed by atoms with Crippen LogP contribution in [0.4, 0.5) is 5.82 Å². The number of carbonyl (C=O) groups excluding carboxylic acids is 1. The number of nitrogens with one attached hydrogen (secondary N) is 1. The van der Waals surface area contributed by atoms with Crippen LogP contribution < -0.4 is 10.2 Å². The summed E-state index contributed by atoms with van der Waals surface area (Å²) in [6, 6.07) is 3.98. The number of thiazole rings is 1. The second kappa shape index (κ2) is 8.07. The molecule has 1 fully saturated rings. The highest BCUT2D eigenvalue weighted by Crippen LogP contribution is 2.23. The lowest BCUT2D eigenvalue weighted by Crippen LogP contribution is -2.44. The summed E-state index contributed by atoms with van der Waals surface area (Å²) >= 11 is 1.44. The van der Waals surface area contributed by atoms with Gasteiger partial charge in [-0.05, 0) is 24.7 Å². The molecule has 8 nitrogen and oxygen atoms in total. The van der Waals surface area contributed by atoms with Crippen molar-refractivity contribution in [1.82, 2.24) is 30.0 Å². The molecular formula is C19H23N7OS. The molecule has 3 aromatic heterocycles. The van der Waals surface area contributed by atoms with Gasteiger partial charge >= 0.3 is 0 Å². The number of carbonyl (C=O) groups is 1. The summed E-state index contributed by atoms with van der Waals surface area (Å²) in [6.45, 7) is 4.45. The molecule has 146 valence electrons. The van der Waals surface area contributed by atoms with E-state index in [0.29, 0.717) is 12.2 Å². The van der Waals surface area contributed by atoms with E-state index in [-0.39, 0.29) is 5.91 Å². The second-order valence-corrected chi connectivity index (χ2v) is 7.79. The van der Waals surface area contributed by atoms with Gasteiger partial charge < -0.3 is 15.1 Å². The fourth-order valence-corrected chi connectivity index (χ4v) is 3.87. The number of hydrogen-bond donors (Lipinski definition) is 1. The molecule has 0 bridgehead atoms. The van der Waals surface area contributed by atoms with Crippen LogP contribution in [0.15, 0.2) is 36.1 Å². The van der Waals surface area contributed by atoms with Crippen molar-refractivity contribution in [3.8, 4) is 10.6 Å². The Balaban J connectivity index is 1.37. The third-order valence-corrected chi connectivity index (χ3v) is 5.67. The van der Waals surface area contributed by atoms with Crippen molar-refractivity contribution in [2.75, 3.05) is 38.1 Å². The number of pyridine rings is 1. The van der Waals surface area contributed by atoms with Gasteiger partial charge in [0.25, 0.3) is 5.91 Å². The quantitative estimate of drug-likeness (QED) is 0.705. The van der Waals surface area contributed by atoms with Crippen LogP contribution in [0.25, 0.3) is 10.6 Å². The Kier molecular flexibility index (Phi) is 5.36. The fourth-order valence-electron chi connectivity index (χ4n) is 3.09. The van der Waals surface area contributed by atoms with Crippen molar-refractivity contribution in [2.45, 2.75) is 6.54 Å². The van der Waals surface area contributed by atoms with Crippen LogP contribution in [-0.4, -0.2) is 63.8 Å². The standard InChI is InChI=1S/C19H23N7OS/c1-24-5-7-26(8-6-24)17-9-14(3-4-20-17)10-21-18(27)16-13-28-19(23-16)15-11-22-25(2)12-15/h3-4,9,11-13H,5-8,10H2,1-2H3,(H,21,27). The SMILES string of the molecule is CN1CCN(c2cc(CNC(=O)c3csc(-c4cnn(C)c4)n3)ccn2)CC1. The van der Waals surface area contributed by atoms with Gasteiger partial charge in [-0.25, -0.2) is 9.97 Å². The first-order valence-corrected chi connectivity index (χ1v) is 10.1. The molecule has 0 saturated carbocycles. The van der Waals surface area contributed by atoms with Gasteiger partial charge in [0.2, 0.25) is 0 Å². The summed E-state index contributed by atoms with van der Waals surface area (Å²) in [7, 11) is 3.99. The van der Waals surface area contributed by atoms with E-state index in [2.05, 4.69) is 37.2 Å². The first kappa shape index (κ1) is 18.6. The van der Waals surface area contributed by atoms with E-state index < -0.39 is 0 Å². The van der Waals surface area contributed by atoms with E-state index in [1.807, 2.05) is 25.4 Å². The topological polar surface area (TPSA) is 79.2 Å². The highest BCUT2D eigenvalue weighted by Gasteiger charge is 2.16. The molecule has 4 heterocycles.